The van der Waals surface area contributed by atoms with Crippen molar-refractivity contribution in [1.82, 2.24) is 4.90 Å². The molecule has 6 nitrogen and oxygen atoms in total. The van der Waals surface area contributed by atoms with E-state index in [9.17, 15) is 14.4 Å². The zero-order valence-corrected chi connectivity index (χ0v) is 13.2. The molecule has 0 atom stereocenters. The van der Waals surface area contributed by atoms with Crippen molar-refractivity contribution in [2.75, 3.05) is 6.54 Å². The van der Waals surface area contributed by atoms with Gasteiger partial charge in [-0.05, 0) is 48.0 Å². The van der Waals surface area contributed by atoms with Crippen LogP contribution >= 0.6 is 0 Å². The monoisotopic (exact) mass is 287 g/mol. The van der Waals surface area contributed by atoms with E-state index in [-0.39, 0.29) is 13.0 Å². The number of imide groups is 1. The van der Waals surface area contributed by atoms with Crippen molar-refractivity contribution < 1.29 is 23.9 Å². The third-order valence-corrected chi connectivity index (χ3v) is 1.93. The molecule has 0 aliphatic carbocycles. The van der Waals surface area contributed by atoms with Gasteiger partial charge in [-0.3, -0.25) is 0 Å². The van der Waals surface area contributed by atoms with Crippen molar-refractivity contribution in [2.24, 2.45) is 0 Å². The van der Waals surface area contributed by atoms with Gasteiger partial charge in [0, 0.05) is 13.0 Å². The highest BCUT2D eigenvalue weighted by molar-refractivity contribution is 5.88. The van der Waals surface area contributed by atoms with E-state index >= 15 is 0 Å². The molecule has 0 saturated carbocycles. The second kappa shape index (κ2) is 7.26. The van der Waals surface area contributed by atoms with Crippen LogP contribution in [0.2, 0.25) is 0 Å². The van der Waals surface area contributed by atoms with E-state index in [1.807, 2.05) is 0 Å². The van der Waals surface area contributed by atoms with Gasteiger partial charge in [0.25, 0.3) is 0 Å². The minimum atomic E-state index is -0.766. The van der Waals surface area contributed by atoms with Gasteiger partial charge in [0.05, 0.1) is 0 Å². The predicted octanol–water partition coefficient (Wildman–Crippen LogP) is 3.14. The van der Waals surface area contributed by atoms with Gasteiger partial charge in [0.2, 0.25) is 0 Å². The molecule has 0 aromatic heterocycles. The van der Waals surface area contributed by atoms with Crippen molar-refractivity contribution in [1.29, 1.82) is 0 Å². The van der Waals surface area contributed by atoms with Crippen LogP contribution in [0, 0.1) is 0 Å². The Kier molecular flexibility index (Phi) is 6.68. The van der Waals surface area contributed by atoms with Gasteiger partial charge in [-0.25, -0.2) is 14.5 Å². The Labute approximate surface area is 120 Å². The molecule has 0 N–H and O–H groups in total. The van der Waals surface area contributed by atoms with Crippen LogP contribution in [-0.2, 0) is 14.3 Å². The van der Waals surface area contributed by atoms with Crippen LogP contribution in [0.4, 0.5) is 9.59 Å². The molecule has 0 aromatic rings. The highest BCUT2D eigenvalue weighted by Gasteiger charge is 2.30. The maximum Gasteiger partial charge on any atom is 0.419 e. The smallest absolute Gasteiger partial charge is 0.419 e. The summed E-state index contributed by atoms with van der Waals surface area (Å²) in [6.45, 7) is 10.4. The summed E-state index contributed by atoms with van der Waals surface area (Å²) >= 11 is 0. The van der Waals surface area contributed by atoms with E-state index in [0.717, 1.165) is 11.2 Å². The van der Waals surface area contributed by atoms with E-state index in [1.165, 1.54) is 0 Å². The average molecular weight is 287 g/mol. The molecule has 0 aromatic carbocycles. The van der Waals surface area contributed by atoms with Crippen molar-refractivity contribution >= 4 is 18.5 Å². The van der Waals surface area contributed by atoms with Gasteiger partial charge in [-0.1, -0.05) is 0 Å². The van der Waals surface area contributed by atoms with Crippen molar-refractivity contribution in [3.63, 3.8) is 0 Å². The van der Waals surface area contributed by atoms with E-state index in [0.29, 0.717) is 6.42 Å². The lowest BCUT2D eigenvalue weighted by Gasteiger charge is -2.28. The fraction of sp³-hybridized carbons (Fsp3) is 0.786. The first-order valence-corrected chi connectivity index (χ1v) is 6.63. The summed E-state index contributed by atoms with van der Waals surface area (Å²) in [5.74, 6) is 0. The van der Waals surface area contributed by atoms with Crippen LogP contribution in [0.15, 0.2) is 0 Å². The number of unbranched alkanes of at least 4 members (excludes halogenated alkanes) is 1. The summed E-state index contributed by atoms with van der Waals surface area (Å²) in [7, 11) is 0. The first-order valence-electron chi connectivity index (χ1n) is 6.63. The molecule has 0 bridgehead atoms. The van der Waals surface area contributed by atoms with E-state index in [1.54, 1.807) is 41.5 Å². The lowest BCUT2D eigenvalue weighted by atomic mass is 10.2. The zero-order chi connectivity index (χ0) is 16.0. The minimum Gasteiger partial charge on any atom is -0.443 e. The molecule has 2 amide bonds. The standard InChI is InChI=1S/C14H25NO5/c1-13(2,3)19-11(17)15(9-7-8-10-16)12(18)20-14(4,5)6/h10H,7-9H2,1-6H3. The third kappa shape index (κ3) is 8.50. The third-order valence-electron chi connectivity index (χ3n) is 1.93. The Morgan fingerprint density at radius 2 is 1.35 bits per heavy atom. The molecule has 0 spiro atoms. The number of nitrogens with zero attached hydrogens (tertiary/aromatic N) is 1. The van der Waals surface area contributed by atoms with Crippen LogP contribution < -0.4 is 0 Å². The number of hydrogen-bond acceptors (Lipinski definition) is 5. The molecule has 6 heteroatoms. The second-order valence-electron chi connectivity index (χ2n) is 6.42. The quantitative estimate of drug-likeness (QED) is 0.586. The first-order chi connectivity index (χ1) is 8.96. The number of rotatable bonds is 4. The predicted molar refractivity (Wildman–Crippen MR) is 74.5 cm³/mol. The molecule has 0 radical (unpaired) electrons. The summed E-state index contributed by atoms with van der Waals surface area (Å²) in [6, 6.07) is 0. The van der Waals surface area contributed by atoms with Crippen LogP contribution in [0.1, 0.15) is 54.4 Å². The van der Waals surface area contributed by atoms with Crippen LogP contribution in [0.3, 0.4) is 0 Å². The molecule has 0 unspecified atom stereocenters. The van der Waals surface area contributed by atoms with E-state index < -0.39 is 23.4 Å². The number of aldehydes is 1. The van der Waals surface area contributed by atoms with Gasteiger partial charge in [0.1, 0.15) is 17.5 Å². The van der Waals surface area contributed by atoms with Gasteiger partial charge < -0.3 is 14.3 Å². The Morgan fingerprint density at radius 1 is 0.950 bits per heavy atom. The van der Waals surface area contributed by atoms with Crippen molar-refractivity contribution in [3.05, 3.63) is 0 Å². The summed E-state index contributed by atoms with van der Waals surface area (Å²) < 4.78 is 10.3. The van der Waals surface area contributed by atoms with Crippen LogP contribution in [0.5, 0.6) is 0 Å². The molecular weight excluding hydrogens is 262 g/mol. The maximum atomic E-state index is 12.0. The molecule has 0 heterocycles. The number of ether oxygens (including phenoxy) is 2. The largest absolute Gasteiger partial charge is 0.443 e. The summed E-state index contributed by atoms with van der Waals surface area (Å²) in [5, 5.41) is 0. The van der Waals surface area contributed by atoms with Gasteiger partial charge in [-0.15, -0.1) is 0 Å². The van der Waals surface area contributed by atoms with Gasteiger partial charge in [-0.2, -0.15) is 0 Å². The first kappa shape index (κ1) is 18.4. The minimum absolute atomic E-state index is 0.0859. The molecule has 20 heavy (non-hydrogen) atoms. The van der Waals surface area contributed by atoms with Crippen molar-refractivity contribution in [2.45, 2.75) is 65.6 Å². The Balaban J connectivity index is 4.83. The lowest BCUT2D eigenvalue weighted by Crippen LogP contribution is -2.44. The number of carbonyl (C=O) groups excluding carboxylic acids is 3. The fourth-order valence-electron chi connectivity index (χ4n) is 1.22. The highest BCUT2D eigenvalue weighted by atomic mass is 16.6. The maximum absolute atomic E-state index is 12.0. The Morgan fingerprint density at radius 3 is 1.65 bits per heavy atom. The Hall–Kier alpha value is -1.59. The molecular formula is C14H25NO5. The average Bonchev–Trinajstić information content (AvgIpc) is 2.18. The van der Waals surface area contributed by atoms with E-state index in [4.69, 9.17) is 9.47 Å². The highest BCUT2D eigenvalue weighted by Crippen LogP contribution is 2.14. The fourth-order valence-corrected chi connectivity index (χ4v) is 1.22. The number of amides is 2. The SMILES string of the molecule is CC(C)(C)OC(=O)N(CCCC=O)C(=O)OC(C)(C)C. The topological polar surface area (TPSA) is 72.9 Å². The summed E-state index contributed by atoms with van der Waals surface area (Å²) in [6.07, 6.45) is -0.151. The van der Waals surface area contributed by atoms with Crippen molar-refractivity contribution in [3.8, 4) is 0 Å². The number of hydrogen-bond donors (Lipinski definition) is 0. The molecule has 0 fully saturated rings. The van der Waals surface area contributed by atoms with Gasteiger partial charge >= 0.3 is 12.2 Å². The Bertz CT molecular complexity index is 324. The summed E-state index contributed by atoms with van der Waals surface area (Å²) in [4.78, 5) is 35.2. The van der Waals surface area contributed by atoms with Crippen LogP contribution in [0.25, 0.3) is 0 Å². The zero-order valence-electron chi connectivity index (χ0n) is 13.2. The van der Waals surface area contributed by atoms with Gasteiger partial charge in [0.15, 0.2) is 0 Å². The molecule has 116 valence electrons. The van der Waals surface area contributed by atoms with Crippen LogP contribution in [-0.4, -0.2) is 41.1 Å². The second-order valence-corrected chi connectivity index (χ2v) is 6.42. The molecule has 0 aliphatic rings. The molecule has 0 aliphatic heterocycles. The lowest BCUT2D eigenvalue weighted by molar-refractivity contribution is -0.108. The summed E-state index contributed by atoms with van der Waals surface area (Å²) in [5.41, 5.74) is -1.41. The van der Waals surface area contributed by atoms with E-state index in [2.05, 4.69) is 0 Å². The number of carbonyl (C=O) groups is 3. The normalized spacial score (nSPS) is 11.7. The molecule has 0 rings (SSSR count). The molecule has 0 saturated heterocycles.